The number of hydrogen-bond acceptors (Lipinski definition) is 4. The second-order valence-electron chi connectivity index (χ2n) is 5.67. The van der Waals surface area contributed by atoms with Gasteiger partial charge in [0, 0.05) is 32.0 Å². The van der Waals surface area contributed by atoms with Crippen molar-refractivity contribution in [2.24, 2.45) is 7.05 Å². The summed E-state index contributed by atoms with van der Waals surface area (Å²) in [6, 6.07) is 7.15. The van der Waals surface area contributed by atoms with E-state index in [1.54, 1.807) is 42.2 Å². The summed E-state index contributed by atoms with van der Waals surface area (Å²) < 4.78 is 1.64. The highest BCUT2D eigenvalue weighted by Crippen LogP contribution is 2.32. The SMILES string of the molecule is Cn1cncc1C(=O)CC1C(=O)CCC(=O)Nc2ccccc21. The third kappa shape index (κ3) is 3.06. The van der Waals surface area contributed by atoms with Crippen molar-refractivity contribution in [1.29, 1.82) is 0 Å². The zero-order valence-electron chi connectivity index (χ0n) is 12.8. The predicted molar refractivity (Wildman–Crippen MR) is 84.2 cm³/mol. The fourth-order valence-electron chi connectivity index (χ4n) is 2.85. The summed E-state index contributed by atoms with van der Waals surface area (Å²) in [5.74, 6) is -0.940. The van der Waals surface area contributed by atoms with E-state index in [-0.39, 0.29) is 36.7 Å². The van der Waals surface area contributed by atoms with E-state index in [2.05, 4.69) is 10.3 Å². The van der Waals surface area contributed by atoms with Crippen molar-refractivity contribution in [3.63, 3.8) is 0 Å². The van der Waals surface area contributed by atoms with E-state index in [4.69, 9.17) is 0 Å². The van der Waals surface area contributed by atoms with Gasteiger partial charge in [-0.25, -0.2) is 4.98 Å². The average molecular weight is 311 g/mol. The second-order valence-corrected chi connectivity index (χ2v) is 5.67. The number of nitrogens with one attached hydrogen (secondary N) is 1. The molecule has 2 heterocycles. The van der Waals surface area contributed by atoms with E-state index in [1.165, 1.54) is 6.20 Å². The molecule has 0 bridgehead atoms. The number of anilines is 1. The highest BCUT2D eigenvalue weighted by Gasteiger charge is 2.29. The molecule has 1 atom stereocenters. The Hall–Kier alpha value is -2.76. The maximum atomic E-state index is 12.5. The first-order valence-corrected chi connectivity index (χ1v) is 7.47. The molecule has 23 heavy (non-hydrogen) atoms. The van der Waals surface area contributed by atoms with Gasteiger partial charge in [-0.2, -0.15) is 0 Å². The number of carbonyl (C=O) groups excluding carboxylic acids is 3. The molecule has 1 unspecified atom stereocenters. The van der Waals surface area contributed by atoms with Crippen molar-refractivity contribution in [3.05, 3.63) is 48.0 Å². The van der Waals surface area contributed by atoms with Crippen LogP contribution in [0.15, 0.2) is 36.8 Å². The number of hydrogen-bond donors (Lipinski definition) is 1. The molecule has 1 aliphatic rings. The normalized spacial score (nSPS) is 17.9. The summed E-state index contributed by atoms with van der Waals surface area (Å²) in [5.41, 5.74) is 1.77. The van der Waals surface area contributed by atoms with Gasteiger partial charge in [0.05, 0.1) is 18.4 Å². The topological polar surface area (TPSA) is 81.1 Å². The highest BCUT2D eigenvalue weighted by molar-refractivity contribution is 6.03. The van der Waals surface area contributed by atoms with Gasteiger partial charge in [0.15, 0.2) is 5.78 Å². The molecule has 118 valence electrons. The molecular formula is C17H17N3O3. The number of imidazole rings is 1. The van der Waals surface area contributed by atoms with Crippen LogP contribution in [-0.4, -0.2) is 27.0 Å². The van der Waals surface area contributed by atoms with Crippen LogP contribution in [0.4, 0.5) is 5.69 Å². The molecule has 2 aromatic rings. The summed E-state index contributed by atoms with van der Waals surface area (Å²) >= 11 is 0. The van der Waals surface area contributed by atoms with Crippen LogP contribution < -0.4 is 5.32 Å². The maximum absolute atomic E-state index is 12.5. The van der Waals surface area contributed by atoms with Crippen molar-refractivity contribution in [1.82, 2.24) is 9.55 Å². The van der Waals surface area contributed by atoms with Crippen molar-refractivity contribution >= 4 is 23.2 Å². The number of ketones is 2. The summed E-state index contributed by atoms with van der Waals surface area (Å²) in [5, 5.41) is 2.81. The van der Waals surface area contributed by atoms with E-state index in [0.717, 1.165) is 0 Å². The lowest BCUT2D eigenvalue weighted by Gasteiger charge is -2.22. The van der Waals surface area contributed by atoms with Crippen LogP contribution in [0, 0.1) is 0 Å². The van der Waals surface area contributed by atoms with E-state index < -0.39 is 5.92 Å². The van der Waals surface area contributed by atoms with Crippen LogP contribution in [0.2, 0.25) is 0 Å². The first-order chi connectivity index (χ1) is 11.1. The maximum Gasteiger partial charge on any atom is 0.224 e. The second kappa shape index (κ2) is 6.16. The van der Waals surface area contributed by atoms with Crippen molar-refractivity contribution < 1.29 is 14.4 Å². The fourth-order valence-corrected chi connectivity index (χ4v) is 2.85. The lowest BCUT2D eigenvalue weighted by Crippen LogP contribution is -2.25. The third-order valence-corrected chi connectivity index (χ3v) is 4.09. The van der Waals surface area contributed by atoms with E-state index in [9.17, 15) is 14.4 Å². The Morgan fingerprint density at radius 3 is 2.83 bits per heavy atom. The van der Waals surface area contributed by atoms with Gasteiger partial charge in [0.1, 0.15) is 11.5 Å². The third-order valence-electron chi connectivity index (χ3n) is 4.09. The van der Waals surface area contributed by atoms with E-state index in [1.807, 2.05) is 0 Å². The molecule has 1 aromatic heterocycles. The molecule has 0 radical (unpaired) electrons. The molecule has 1 amide bonds. The number of aryl methyl sites for hydroxylation is 1. The minimum Gasteiger partial charge on any atom is -0.331 e. The Kier molecular flexibility index (Phi) is 4.06. The number of rotatable bonds is 3. The van der Waals surface area contributed by atoms with Gasteiger partial charge in [0.25, 0.3) is 0 Å². The Labute approximate surface area is 133 Å². The molecule has 0 saturated heterocycles. The fraction of sp³-hybridized carbons (Fsp3) is 0.294. The lowest BCUT2D eigenvalue weighted by molar-refractivity contribution is -0.124. The van der Waals surface area contributed by atoms with Gasteiger partial charge in [-0.3, -0.25) is 14.4 Å². The highest BCUT2D eigenvalue weighted by atomic mass is 16.2. The number of para-hydroxylation sites is 1. The van der Waals surface area contributed by atoms with Gasteiger partial charge in [-0.05, 0) is 11.6 Å². The molecule has 6 nitrogen and oxygen atoms in total. The first kappa shape index (κ1) is 15.1. The number of amides is 1. The molecule has 1 aromatic carbocycles. The van der Waals surface area contributed by atoms with Crippen LogP contribution in [0.3, 0.4) is 0 Å². The Morgan fingerprint density at radius 1 is 1.30 bits per heavy atom. The summed E-state index contributed by atoms with van der Waals surface area (Å²) in [7, 11) is 1.74. The summed E-state index contributed by atoms with van der Waals surface area (Å²) in [6.07, 6.45) is 3.42. The minimum atomic E-state index is -0.547. The van der Waals surface area contributed by atoms with Crippen LogP contribution in [0.1, 0.15) is 41.2 Å². The monoisotopic (exact) mass is 311 g/mol. The van der Waals surface area contributed by atoms with Crippen molar-refractivity contribution in [2.75, 3.05) is 5.32 Å². The molecule has 0 fully saturated rings. The first-order valence-electron chi connectivity index (χ1n) is 7.47. The summed E-state index contributed by atoms with van der Waals surface area (Å²) in [4.78, 5) is 40.7. The molecule has 0 aliphatic carbocycles. The number of benzene rings is 1. The molecule has 0 spiro atoms. The number of aromatic nitrogens is 2. The Balaban J connectivity index is 1.95. The van der Waals surface area contributed by atoms with Crippen molar-refractivity contribution in [2.45, 2.75) is 25.2 Å². The van der Waals surface area contributed by atoms with Gasteiger partial charge in [0.2, 0.25) is 5.91 Å². The van der Waals surface area contributed by atoms with Gasteiger partial charge in [-0.15, -0.1) is 0 Å². The van der Waals surface area contributed by atoms with Gasteiger partial charge in [-0.1, -0.05) is 18.2 Å². The lowest BCUT2D eigenvalue weighted by atomic mass is 9.85. The van der Waals surface area contributed by atoms with Crippen LogP contribution in [0.5, 0.6) is 0 Å². The molecule has 0 saturated carbocycles. The van der Waals surface area contributed by atoms with Crippen LogP contribution >= 0.6 is 0 Å². The predicted octanol–water partition coefficient (Wildman–Crippen LogP) is 2.08. The molecule has 6 heteroatoms. The number of carbonyl (C=O) groups is 3. The molecule has 3 rings (SSSR count). The largest absolute Gasteiger partial charge is 0.331 e. The average Bonchev–Trinajstić information content (AvgIpc) is 2.96. The molecule has 1 N–H and O–H groups in total. The number of Topliss-reactive ketones (excluding diaryl/α,β-unsaturated/α-hetero) is 2. The standard InChI is InChI=1S/C17H17N3O3/c1-20-10-18-9-14(20)16(22)8-12-11-4-2-3-5-13(11)19-17(23)7-6-15(12)21/h2-5,9-10,12H,6-8H2,1H3,(H,19,23). The smallest absolute Gasteiger partial charge is 0.224 e. The summed E-state index contributed by atoms with van der Waals surface area (Å²) in [6.45, 7) is 0. The Morgan fingerprint density at radius 2 is 2.09 bits per heavy atom. The van der Waals surface area contributed by atoms with Crippen molar-refractivity contribution in [3.8, 4) is 0 Å². The molecular weight excluding hydrogens is 294 g/mol. The van der Waals surface area contributed by atoms with Gasteiger partial charge < -0.3 is 9.88 Å². The van der Waals surface area contributed by atoms with Gasteiger partial charge >= 0.3 is 0 Å². The van der Waals surface area contributed by atoms with E-state index >= 15 is 0 Å². The number of nitrogens with zero attached hydrogens (tertiary/aromatic N) is 2. The Bertz CT molecular complexity index is 779. The zero-order valence-corrected chi connectivity index (χ0v) is 12.8. The quantitative estimate of drug-likeness (QED) is 0.880. The van der Waals surface area contributed by atoms with Crippen LogP contribution in [-0.2, 0) is 16.6 Å². The van der Waals surface area contributed by atoms with E-state index in [0.29, 0.717) is 16.9 Å². The zero-order chi connectivity index (χ0) is 16.4. The number of fused-ring (bicyclic) bond motifs is 1. The minimum absolute atomic E-state index is 0.0747. The van der Waals surface area contributed by atoms with Crippen LogP contribution in [0.25, 0.3) is 0 Å². The molecule has 1 aliphatic heterocycles.